The Morgan fingerprint density at radius 2 is 1.73 bits per heavy atom. The van der Waals surface area contributed by atoms with E-state index in [4.69, 9.17) is 4.98 Å². The number of aromatic nitrogens is 2. The second kappa shape index (κ2) is 8.53. The molecule has 33 heavy (non-hydrogen) atoms. The van der Waals surface area contributed by atoms with E-state index in [1.54, 1.807) is 6.92 Å². The van der Waals surface area contributed by atoms with E-state index >= 15 is 0 Å². The van der Waals surface area contributed by atoms with Gasteiger partial charge in [0.05, 0.1) is 5.56 Å². The number of carbonyl (C=O) groups excluding carboxylic acids is 1. The predicted molar refractivity (Wildman–Crippen MR) is 131 cm³/mol. The van der Waals surface area contributed by atoms with E-state index < -0.39 is 0 Å². The molecule has 3 aromatic rings. The fraction of sp³-hybridized carbons (Fsp3) is 0.423. The number of carbonyl (C=O) groups is 1. The van der Waals surface area contributed by atoms with E-state index in [9.17, 15) is 10.1 Å². The summed E-state index contributed by atoms with van der Waals surface area (Å²) < 4.78 is 2.29. The summed E-state index contributed by atoms with van der Waals surface area (Å²) in [5.74, 6) is 1.07. The summed E-state index contributed by atoms with van der Waals surface area (Å²) in [6.45, 7) is 7.19. The summed E-state index contributed by atoms with van der Waals surface area (Å²) >= 11 is 0. The van der Waals surface area contributed by atoms with Crippen LogP contribution < -0.4 is 15.1 Å². The van der Waals surface area contributed by atoms with Crippen LogP contribution in [0.1, 0.15) is 47.4 Å². The first kappa shape index (κ1) is 21.5. The monoisotopic (exact) mass is 442 g/mol. The highest BCUT2D eigenvalue weighted by Crippen LogP contribution is 2.38. The molecule has 3 heterocycles. The molecule has 1 saturated heterocycles. The smallest absolute Gasteiger partial charge is 0.159 e. The van der Waals surface area contributed by atoms with Gasteiger partial charge in [0.2, 0.25) is 0 Å². The molecule has 1 aliphatic heterocycles. The highest BCUT2D eigenvalue weighted by Gasteiger charge is 2.33. The number of Topliss-reactive ketones (excluding diaryl/α,β-unsaturated/α-hetero) is 1. The molecule has 0 bridgehead atoms. The van der Waals surface area contributed by atoms with E-state index in [0.29, 0.717) is 12.1 Å². The van der Waals surface area contributed by atoms with Crippen LogP contribution in [0.4, 0.5) is 11.5 Å². The van der Waals surface area contributed by atoms with Crippen LogP contribution in [0.15, 0.2) is 36.4 Å². The summed E-state index contributed by atoms with van der Waals surface area (Å²) in [4.78, 5) is 21.3. The van der Waals surface area contributed by atoms with Crippen LogP contribution in [-0.4, -0.2) is 54.6 Å². The molecule has 2 aliphatic rings. The largest absolute Gasteiger partial charge is 0.368 e. The molecule has 2 fully saturated rings. The lowest BCUT2D eigenvalue weighted by molar-refractivity contribution is 0.101. The zero-order chi connectivity index (χ0) is 23.1. The molecule has 0 amide bonds. The molecule has 0 atom stereocenters. The van der Waals surface area contributed by atoms with Crippen LogP contribution in [-0.2, 0) is 0 Å². The summed E-state index contributed by atoms with van der Waals surface area (Å²) in [7, 11) is 2.01. The van der Waals surface area contributed by atoms with Crippen molar-refractivity contribution in [2.75, 3.05) is 43.0 Å². The maximum Gasteiger partial charge on any atom is 0.159 e. The van der Waals surface area contributed by atoms with Crippen molar-refractivity contribution in [1.82, 2.24) is 14.9 Å². The Morgan fingerprint density at radius 3 is 2.33 bits per heavy atom. The molecule has 0 unspecified atom stereocenters. The number of hydrogen-bond donors (Lipinski definition) is 1. The van der Waals surface area contributed by atoms with Gasteiger partial charge >= 0.3 is 0 Å². The minimum Gasteiger partial charge on any atom is -0.368 e. The Kier molecular flexibility index (Phi) is 5.55. The molecule has 2 aromatic heterocycles. The number of anilines is 2. The number of rotatable bonds is 5. The maximum atomic E-state index is 11.5. The van der Waals surface area contributed by atoms with Gasteiger partial charge in [-0.3, -0.25) is 4.79 Å². The Balaban J connectivity index is 1.36. The van der Waals surface area contributed by atoms with E-state index in [2.05, 4.69) is 37.9 Å². The van der Waals surface area contributed by atoms with Gasteiger partial charge in [0.25, 0.3) is 0 Å². The zero-order valence-corrected chi connectivity index (χ0v) is 19.5. The summed E-state index contributed by atoms with van der Waals surface area (Å²) in [5.41, 5.74) is 4.60. The topological polar surface area (TPSA) is 77.2 Å². The van der Waals surface area contributed by atoms with Crippen LogP contribution in [0.2, 0.25) is 0 Å². The maximum absolute atomic E-state index is 11.5. The second-order valence-electron chi connectivity index (χ2n) is 9.17. The molecule has 1 aromatic carbocycles. The second-order valence-corrected chi connectivity index (χ2v) is 9.17. The van der Waals surface area contributed by atoms with Crippen molar-refractivity contribution in [2.45, 2.75) is 38.8 Å². The molecule has 1 N–H and O–H groups in total. The fourth-order valence-corrected chi connectivity index (χ4v) is 5.19. The third-order valence-corrected chi connectivity index (χ3v) is 7.32. The van der Waals surface area contributed by atoms with Gasteiger partial charge in [-0.25, -0.2) is 4.98 Å². The van der Waals surface area contributed by atoms with E-state index in [1.807, 2.05) is 38.2 Å². The van der Waals surface area contributed by atoms with Crippen LogP contribution in [0, 0.1) is 18.3 Å². The molecule has 170 valence electrons. The first-order valence-electron chi connectivity index (χ1n) is 11.7. The molecule has 0 spiro atoms. The molecule has 5 rings (SSSR count). The number of fused-ring (bicyclic) bond motifs is 1. The van der Waals surface area contributed by atoms with E-state index in [-0.39, 0.29) is 5.78 Å². The van der Waals surface area contributed by atoms with E-state index in [1.165, 1.54) is 0 Å². The molecule has 0 radical (unpaired) electrons. The minimum atomic E-state index is 0.0933. The van der Waals surface area contributed by atoms with Gasteiger partial charge in [0, 0.05) is 60.6 Å². The van der Waals surface area contributed by atoms with Crippen molar-refractivity contribution < 1.29 is 4.79 Å². The Labute approximate surface area is 194 Å². The van der Waals surface area contributed by atoms with Crippen LogP contribution in [0.5, 0.6) is 0 Å². The number of pyridine rings is 1. The Bertz CT molecular complexity index is 1220. The lowest BCUT2D eigenvalue weighted by Gasteiger charge is -2.38. The highest BCUT2D eigenvalue weighted by molar-refractivity contribution is 5.94. The molecular weight excluding hydrogens is 412 g/mol. The van der Waals surface area contributed by atoms with Gasteiger partial charge in [0.1, 0.15) is 17.5 Å². The third kappa shape index (κ3) is 3.75. The number of benzene rings is 1. The Morgan fingerprint density at radius 1 is 1.06 bits per heavy atom. The first-order valence-corrected chi connectivity index (χ1v) is 11.7. The zero-order valence-electron chi connectivity index (χ0n) is 19.5. The fourth-order valence-electron chi connectivity index (χ4n) is 5.19. The van der Waals surface area contributed by atoms with Crippen molar-refractivity contribution in [2.24, 2.45) is 0 Å². The number of nitrogens with one attached hydrogen (secondary N) is 1. The summed E-state index contributed by atoms with van der Waals surface area (Å²) in [5, 5.41) is 14.1. The van der Waals surface area contributed by atoms with Crippen molar-refractivity contribution >= 4 is 28.3 Å². The average Bonchev–Trinajstić information content (AvgIpc) is 3.09. The average molecular weight is 443 g/mol. The lowest BCUT2D eigenvalue weighted by Crippen LogP contribution is -2.46. The van der Waals surface area contributed by atoms with Gasteiger partial charge in [-0.15, -0.1) is 0 Å². The van der Waals surface area contributed by atoms with Crippen molar-refractivity contribution in [1.29, 1.82) is 5.26 Å². The van der Waals surface area contributed by atoms with Crippen molar-refractivity contribution in [3.05, 3.63) is 53.2 Å². The van der Waals surface area contributed by atoms with Gasteiger partial charge in [-0.1, -0.05) is 0 Å². The van der Waals surface area contributed by atoms with Gasteiger partial charge < -0.3 is 19.7 Å². The van der Waals surface area contributed by atoms with Gasteiger partial charge in [-0.05, 0) is 70.1 Å². The summed E-state index contributed by atoms with van der Waals surface area (Å²) in [6, 6.07) is 15.3. The quantitative estimate of drug-likeness (QED) is 0.608. The number of piperazine rings is 1. The van der Waals surface area contributed by atoms with Crippen LogP contribution in [0.3, 0.4) is 0 Å². The lowest BCUT2D eigenvalue weighted by atomic mass is 9.86. The number of hydrogen-bond acceptors (Lipinski definition) is 6. The van der Waals surface area contributed by atoms with Crippen LogP contribution in [0.25, 0.3) is 11.0 Å². The third-order valence-electron chi connectivity index (χ3n) is 7.32. The number of ketones is 1. The number of nitriles is 1. The normalized spacial score (nSPS) is 20.5. The molecule has 7 nitrogen and oxygen atoms in total. The van der Waals surface area contributed by atoms with E-state index in [0.717, 1.165) is 78.4 Å². The van der Waals surface area contributed by atoms with Crippen molar-refractivity contribution in [3.63, 3.8) is 0 Å². The predicted octanol–water partition coefficient (Wildman–Crippen LogP) is 3.67. The summed E-state index contributed by atoms with van der Waals surface area (Å²) in [6.07, 6.45) is 2.14. The standard InChI is InChI=1S/C26H30N6O/c1-17-24(16-27)23-8-9-25(29-26(23)32(17)22-14-20(15-22)28-3)31-12-10-30(11-13-31)21-6-4-19(5-7-21)18(2)33/h4-9,20,22,28H,10-15H2,1-3H3/t20-,22-. The van der Waals surface area contributed by atoms with Crippen LogP contribution >= 0.6 is 0 Å². The van der Waals surface area contributed by atoms with Gasteiger partial charge in [-0.2, -0.15) is 5.26 Å². The van der Waals surface area contributed by atoms with Crippen molar-refractivity contribution in [3.8, 4) is 6.07 Å². The molecular formula is C26H30N6O. The first-order chi connectivity index (χ1) is 16.0. The number of nitrogens with zero attached hydrogens (tertiary/aromatic N) is 5. The minimum absolute atomic E-state index is 0.0933. The highest BCUT2D eigenvalue weighted by atomic mass is 16.1. The SMILES string of the molecule is CN[C@H]1C[C@H](n2c(C)c(C#N)c3ccc(N4CCN(c5ccc(C(C)=O)cc5)CC4)nc32)C1. The molecule has 7 heteroatoms. The van der Waals surface area contributed by atoms with Gasteiger partial charge in [0.15, 0.2) is 5.78 Å². The Hall–Kier alpha value is -3.37. The molecule has 1 saturated carbocycles. The molecule has 1 aliphatic carbocycles.